The van der Waals surface area contributed by atoms with E-state index in [1.54, 1.807) is 0 Å². The van der Waals surface area contributed by atoms with E-state index in [1.807, 2.05) is 60.7 Å². The molecular formula is C44H31N4Pt+. The second kappa shape index (κ2) is 14.2. The Balaban J connectivity index is 0.000000153. The zero-order valence-corrected chi connectivity index (χ0v) is 29.0. The van der Waals surface area contributed by atoms with Crippen LogP contribution in [0, 0.1) is 31.5 Å². The van der Waals surface area contributed by atoms with Gasteiger partial charge in [0.05, 0.1) is 28.1 Å². The molecule has 0 fully saturated rings. The Morgan fingerprint density at radius 3 is 1.80 bits per heavy atom. The Kier molecular flexibility index (Phi) is 9.23. The van der Waals surface area contributed by atoms with Gasteiger partial charge in [0.25, 0.3) is 6.33 Å². The minimum Gasteiger partial charge on any atom is -0.362 e. The maximum atomic E-state index is 3.44. The van der Waals surface area contributed by atoms with Crippen LogP contribution in [-0.2, 0) is 21.1 Å². The first-order valence-electron chi connectivity index (χ1n) is 16.0. The summed E-state index contributed by atoms with van der Waals surface area (Å²) >= 11 is 0. The van der Waals surface area contributed by atoms with Crippen molar-refractivity contribution in [3.05, 3.63) is 200 Å². The summed E-state index contributed by atoms with van der Waals surface area (Å²) in [5, 5.41) is 0. The number of para-hydroxylation sites is 8. The summed E-state index contributed by atoms with van der Waals surface area (Å²) in [6.45, 7) is 2.10. The Morgan fingerprint density at radius 1 is 0.490 bits per heavy atom. The molecule has 49 heavy (non-hydrogen) atoms. The molecule has 2 heterocycles. The van der Waals surface area contributed by atoms with Crippen molar-refractivity contribution in [3.8, 4) is 11.4 Å². The third-order valence-electron chi connectivity index (χ3n) is 8.38. The summed E-state index contributed by atoms with van der Waals surface area (Å²) in [5.74, 6) is 0. The molecule has 0 bridgehead atoms. The second-order valence-corrected chi connectivity index (χ2v) is 11.5. The molecule has 1 aliphatic heterocycles. The number of imidazole rings is 1. The molecule has 1 aliphatic rings. The van der Waals surface area contributed by atoms with Gasteiger partial charge in [-0.25, -0.2) is 0 Å². The van der Waals surface area contributed by atoms with Crippen LogP contribution in [0.5, 0.6) is 0 Å². The van der Waals surface area contributed by atoms with E-state index in [2.05, 4.69) is 160 Å². The van der Waals surface area contributed by atoms with Crippen molar-refractivity contribution in [2.75, 3.05) is 9.80 Å². The molecule has 4 nitrogen and oxygen atoms in total. The molecule has 5 heteroatoms. The fourth-order valence-electron chi connectivity index (χ4n) is 6.15. The van der Waals surface area contributed by atoms with E-state index in [9.17, 15) is 0 Å². The van der Waals surface area contributed by atoms with Crippen LogP contribution < -0.4 is 14.4 Å². The van der Waals surface area contributed by atoms with E-state index in [1.165, 1.54) is 5.56 Å². The van der Waals surface area contributed by atoms with Crippen LogP contribution in [-0.4, -0.2) is 4.57 Å². The van der Waals surface area contributed by atoms with Gasteiger partial charge in [-0.3, -0.25) is 4.57 Å². The molecule has 0 unspecified atom stereocenters. The van der Waals surface area contributed by atoms with Crippen LogP contribution in [0.3, 0.4) is 0 Å². The first kappa shape index (κ1) is 31.9. The number of fused-ring (bicyclic) bond motifs is 3. The van der Waals surface area contributed by atoms with E-state index < -0.39 is 0 Å². The number of nitrogens with zero attached hydrogens (tertiary/aromatic N) is 4. The molecule has 0 N–H and O–H groups in total. The normalized spacial score (nSPS) is 11.5. The Hall–Kier alpha value is -5.70. The molecule has 0 saturated heterocycles. The van der Waals surface area contributed by atoms with Crippen molar-refractivity contribution >= 4 is 45.2 Å². The molecular weight excluding hydrogens is 780 g/mol. The van der Waals surface area contributed by atoms with Gasteiger partial charge < -0.3 is 14.4 Å². The van der Waals surface area contributed by atoms with Crippen LogP contribution in [0.15, 0.2) is 170 Å². The third kappa shape index (κ3) is 6.20. The molecule has 8 aromatic rings. The first-order chi connectivity index (χ1) is 23.8. The summed E-state index contributed by atoms with van der Waals surface area (Å²) in [6, 6.07) is 68.0. The molecule has 9 rings (SSSR count). The van der Waals surface area contributed by atoms with Crippen molar-refractivity contribution in [1.29, 1.82) is 0 Å². The smallest absolute Gasteiger partial charge is 0.362 e. The Bertz CT molecular complexity index is 2170. The predicted octanol–water partition coefficient (Wildman–Crippen LogP) is 10.4. The van der Waals surface area contributed by atoms with Gasteiger partial charge >= 0.3 is 21.1 Å². The maximum Gasteiger partial charge on any atom is 4.00 e. The molecule has 0 aliphatic carbocycles. The Labute approximate surface area is 302 Å². The van der Waals surface area contributed by atoms with Gasteiger partial charge in [0.2, 0.25) is 0 Å². The van der Waals surface area contributed by atoms with Crippen molar-refractivity contribution < 1.29 is 25.6 Å². The number of rotatable bonds is 4. The average Bonchev–Trinajstić information content (AvgIpc) is 3.55. The molecule has 0 saturated carbocycles. The minimum absolute atomic E-state index is 0. The average molecular weight is 811 g/mol. The van der Waals surface area contributed by atoms with E-state index in [-0.39, 0.29) is 21.1 Å². The predicted molar refractivity (Wildman–Crippen MR) is 194 cm³/mol. The Morgan fingerprint density at radius 2 is 1.08 bits per heavy atom. The first-order valence-corrected chi connectivity index (χ1v) is 16.0. The number of aromatic nitrogens is 2. The van der Waals surface area contributed by atoms with Gasteiger partial charge in [-0.2, -0.15) is 72.8 Å². The second-order valence-electron chi connectivity index (χ2n) is 11.5. The van der Waals surface area contributed by atoms with Gasteiger partial charge in [-0.15, -0.1) is 12.1 Å². The summed E-state index contributed by atoms with van der Waals surface area (Å²) in [6.07, 6.45) is 3.44. The molecule has 0 amide bonds. The number of hydrogen-bond acceptors (Lipinski definition) is 2. The zero-order valence-electron chi connectivity index (χ0n) is 26.8. The van der Waals surface area contributed by atoms with Crippen LogP contribution in [0.2, 0.25) is 0 Å². The molecule has 0 spiro atoms. The third-order valence-corrected chi connectivity index (χ3v) is 8.38. The summed E-state index contributed by atoms with van der Waals surface area (Å²) < 4.78 is 4.14. The van der Waals surface area contributed by atoms with Gasteiger partial charge in [0, 0.05) is 5.69 Å². The summed E-state index contributed by atoms with van der Waals surface area (Å²) in [5.41, 5.74) is 12.1. The molecule has 0 radical (unpaired) electrons. The fourth-order valence-corrected chi connectivity index (χ4v) is 6.15. The number of benzene rings is 7. The van der Waals surface area contributed by atoms with Gasteiger partial charge in [-0.05, 0) is 60.4 Å². The molecule has 1 aromatic heterocycles. The SMILES string of the molecule is Cc1ccc(-[n+]2[c-]n(-c3[c-]cccc3)c3ccccc32)cc1.[Pt+4].[c-]1ccccc1N1c2[c-]cccc2N(c2ccccc2)c2ccccc21. The van der Waals surface area contributed by atoms with Gasteiger partial charge in [0.1, 0.15) is 0 Å². The van der Waals surface area contributed by atoms with E-state index >= 15 is 0 Å². The van der Waals surface area contributed by atoms with E-state index in [0.717, 1.165) is 56.5 Å². The zero-order chi connectivity index (χ0) is 32.3. The molecule has 7 aromatic carbocycles. The van der Waals surface area contributed by atoms with Crippen molar-refractivity contribution in [2.24, 2.45) is 0 Å². The van der Waals surface area contributed by atoms with E-state index in [4.69, 9.17) is 0 Å². The van der Waals surface area contributed by atoms with Gasteiger partial charge in [0.15, 0.2) is 0 Å². The number of anilines is 6. The van der Waals surface area contributed by atoms with Crippen molar-refractivity contribution in [1.82, 2.24) is 4.57 Å². The van der Waals surface area contributed by atoms with Crippen LogP contribution in [0.4, 0.5) is 34.1 Å². The monoisotopic (exact) mass is 810 g/mol. The number of aryl methyl sites for hydroxylation is 1. The summed E-state index contributed by atoms with van der Waals surface area (Å²) in [4.78, 5) is 4.52. The molecule has 0 atom stereocenters. The minimum atomic E-state index is 0. The quantitative estimate of drug-likeness (QED) is 0.130. The standard InChI is InChI=1S/C24H16N2.C20H15N2.Pt/c1-3-11-19(12-4-1)25-21-15-7-9-17-23(21)26(20-13-5-2-6-14-20)24-18-10-8-16-22(24)25;1-16-11-13-18(14-12-16)22-15-21(17-7-3-2-4-8-17)19-9-5-6-10-20(19)22;/h1-13,15-17H;2-7,9-14H,1H3;/q-2;-1;+4. The largest absolute Gasteiger partial charge is 4.00 e. The van der Waals surface area contributed by atoms with Gasteiger partial charge in [-0.1, -0.05) is 78.0 Å². The fraction of sp³-hybridized carbons (Fsp3) is 0.0227. The van der Waals surface area contributed by atoms with Crippen LogP contribution in [0.1, 0.15) is 5.56 Å². The maximum absolute atomic E-state index is 3.44. The molecule has 236 valence electrons. The summed E-state index contributed by atoms with van der Waals surface area (Å²) in [7, 11) is 0. The topological polar surface area (TPSA) is 15.3 Å². The van der Waals surface area contributed by atoms with Crippen LogP contribution >= 0.6 is 0 Å². The number of hydrogen-bond donors (Lipinski definition) is 0. The van der Waals surface area contributed by atoms with Crippen molar-refractivity contribution in [2.45, 2.75) is 6.92 Å². The van der Waals surface area contributed by atoms with E-state index in [0.29, 0.717) is 0 Å². The van der Waals surface area contributed by atoms with Crippen LogP contribution in [0.25, 0.3) is 22.4 Å². The van der Waals surface area contributed by atoms with Crippen molar-refractivity contribution in [3.63, 3.8) is 0 Å².